The van der Waals surface area contributed by atoms with Crippen molar-refractivity contribution in [2.75, 3.05) is 13.2 Å². The zero-order chi connectivity index (χ0) is 19.3. The number of benzene rings is 1. The Morgan fingerprint density at radius 3 is 2.70 bits per heavy atom. The highest BCUT2D eigenvalue weighted by molar-refractivity contribution is 5.78. The van der Waals surface area contributed by atoms with Crippen molar-refractivity contribution in [3.8, 4) is 0 Å². The summed E-state index contributed by atoms with van der Waals surface area (Å²) in [5.74, 6) is -0.212. The quantitative estimate of drug-likeness (QED) is 0.774. The largest absolute Gasteiger partial charge is 0.466 e. The molecule has 0 radical (unpaired) electrons. The van der Waals surface area contributed by atoms with E-state index in [1.165, 1.54) is 11.1 Å². The fourth-order valence-electron chi connectivity index (χ4n) is 4.60. The van der Waals surface area contributed by atoms with Crippen LogP contribution in [0.25, 0.3) is 0 Å². The van der Waals surface area contributed by atoms with E-state index in [0.29, 0.717) is 6.61 Å². The summed E-state index contributed by atoms with van der Waals surface area (Å²) in [6.07, 6.45) is 7.22. The Balaban J connectivity index is 1.73. The van der Waals surface area contributed by atoms with E-state index >= 15 is 0 Å². The Labute approximate surface area is 162 Å². The standard InChI is InChI=1S/C22H32N2O3/c1-3-27-20(25)16-22(12-5-4-6-13-22)23-21(26)24-14-8-11-19(24)18-10-7-9-17(2)15-18/h7,9-10,15,19H,3-6,8,11-14,16H2,1-2H3,(H,23,26)/t19-/m1/s1. The molecule has 0 unspecified atom stereocenters. The lowest BCUT2D eigenvalue weighted by Gasteiger charge is -2.39. The number of nitrogens with one attached hydrogen (secondary N) is 1. The van der Waals surface area contributed by atoms with Gasteiger partial charge in [-0.2, -0.15) is 0 Å². The van der Waals surface area contributed by atoms with Crippen LogP contribution in [0.5, 0.6) is 0 Å². The number of carbonyl (C=O) groups excluding carboxylic acids is 2. The van der Waals surface area contributed by atoms with Gasteiger partial charge in [0.25, 0.3) is 0 Å². The second-order valence-corrected chi connectivity index (χ2v) is 8.02. The number of urea groups is 1. The summed E-state index contributed by atoms with van der Waals surface area (Å²) < 4.78 is 5.18. The normalized spacial score (nSPS) is 21.7. The maximum Gasteiger partial charge on any atom is 0.318 e. The molecule has 5 nitrogen and oxygen atoms in total. The molecule has 1 aromatic rings. The topological polar surface area (TPSA) is 58.6 Å². The average Bonchev–Trinajstić information content (AvgIpc) is 3.12. The number of likely N-dealkylation sites (tertiary alicyclic amines) is 1. The number of ether oxygens (including phenoxy) is 1. The molecule has 0 spiro atoms. The van der Waals surface area contributed by atoms with Gasteiger partial charge < -0.3 is 15.0 Å². The lowest BCUT2D eigenvalue weighted by atomic mass is 9.79. The predicted molar refractivity (Wildman–Crippen MR) is 105 cm³/mol. The van der Waals surface area contributed by atoms with Crippen LogP contribution in [-0.2, 0) is 9.53 Å². The number of aryl methyl sites for hydroxylation is 1. The minimum Gasteiger partial charge on any atom is -0.466 e. The van der Waals surface area contributed by atoms with E-state index in [1.54, 1.807) is 0 Å². The van der Waals surface area contributed by atoms with Gasteiger partial charge in [-0.05, 0) is 45.1 Å². The number of hydrogen-bond acceptors (Lipinski definition) is 3. The summed E-state index contributed by atoms with van der Waals surface area (Å²) in [7, 11) is 0. The average molecular weight is 373 g/mol. The summed E-state index contributed by atoms with van der Waals surface area (Å²) in [5, 5.41) is 3.26. The Morgan fingerprint density at radius 1 is 1.22 bits per heavy atom. The van der Waals surface area contributed by atoms with Gasteiger partial charge in [-0.1, -0.05) is 49.1 Å². The van der Waals surface area contributed by atoms with Crippen molar-refractivity contribution < 1.29 is 14.3 Å². The van der Waals surface area contributed by atoms with Gasteiger partial charge >= 0.3 is 12.0 Å². The van der Waals surface area contributed by atoms with Crippen LogP contribution in [0.1, 0.15) is 75.5 Å². The number of hydrogen-bond donors (Lipinski definition) is 1. The summed E-state index contributed by atoms with van der Waals surface area (Å²) in [6, 6.07) is 8.50. The van der Waals surface area contributed by atoms with Crippen LogP contribution < -0.4 is 5.32 Å². The molecule has 1 N–H and O–H groups in total. The van der Waals surface area contributed by atoms with Gasteiger partial charge in [0, 0.05) is 6.54 Å². The minimum absolute atomic E-state index is 0.0368. The van der Waals surface area contributed by atoms with Gasteiger partial charge in [-0.15, -0.1) is 0 Å². The summed E-state index contributed by atoms with van der Waals surface area (Å²) in [5.41, 5.74) is 1.96. The van der Waals surface area contributed by atoms with Gasteiger partial charge in [-0.25, -0.2) is 4.79 Å². The summed E-state index contributed by atoms with van der Waals surface area (Å²) in [6.45, 7) is 5.05. The molecule has 1 saturated carbocycles. The third kappa shape index (κ3) is 4.82. The molecule has 1 aliphatic carbocycles. The maximum atomic E-state index is 13.2. The van der Waals surface area contributed by atoms with Crippen LogP contribution in [0, 0.1) is 6.92 Å². The number of amides is 2. The fourth-order valence-corrected chi connectivity index (χ4v) is 4.60. The van der Waals surface area contributed by atoms with E-state index in [-0.39, 0.29) is 24.5 Å². The van der Waals surface area contributed by atoms with Gasteiger partial charge in [0.05, 0.1) is 24.6 Å². The van der Waals surface area contributed by atoms with Crippen molar-refractivity contribution in [3.63, 3.8) is 0 Å². The molecule has 2 fully saturated rings. The second kappa shape index (κ2) is 8.77. The van der Waals surface area contributed by atoms with Crippen molar-refractivity contribution in [2.24, 2.45) is 0 Å². The zero-order valence-corrected chi connectivity index (χ0v) is 16.6. The molecule has 3 rings (SSSR count). The number of esters is 1. The first-order valence-corrected chi connectivity index (χ1v) is 10.3. The van der Waals surface area contributed by atoms with E-state index in [1.807, 2.05) is 11.8 Å². The lowest BCUT2D eigenvalue weighted by Crippen LogP contribution is -2.55. The second-order valence-electron chi connectivity index (χ2n) is 8.02. The molecule has 0 bridgehead atoms. The Hall–Kier alpha value is -2.04. The summed E-state index contributed by atoms with van der Waals surface area (Å²) >= 11 is 0. The molecule has 1 aliphatic heterocycles. The van der Waals surface area contributed by atoms with Crippen molar-refractivity contribution in [2.45, 2.75) is 76.8 Å². The van der Waals surface area contributed by atoms with Crippen molar-refractivity contribution in [1.82, 2.24) is 10.2 Å². The number of nitrogens with zero attached hydrogens (tertiary/aromatic N) is 1. The van der Waals surface area contributed by atoms with Crippen LogP contribution in [0.15, 0.2) is 24.3 Å². The first-order chi connectivity index (χ1) is 13.0. The maximum absolute atomic E-state index is 13.2. The van der Waals surface area contributed by atoms with E-state index in [0.717, 1.165) is 51.5 Å². The zero-order valence-electron chi connectivity index (χ0n) is 16.6. The Morgan fingerprint density at radius 2 is 2.00 bits per heavy atom. The highest BCUT2D eigenvalue weighted by atomic mass is 16.5. The van der Waals surface area contributed by atoms with E-state index in [2.05, 4.69) is 36.5 Å². The van der Waals surface area contributed by atoms with Gasteiger partial charge in [-0.3, -0.25) is 4.79 Å². The highest BCUT2D eigenvalue weighted by Gasteiger charge is 2.39. The van der Waals surface area contributed by atoms with E-state index < -0.39 is 5.54 Å². The molecule has 1 aromatic carbocycles. The highest BCUT2D eigenvalue weighted by Crippen LogP contribution is 2.35. The van der Waals surface area contributed by atoms with Crippen molar-refractivity contribution in [1.29, 1.82) is 0 Å². The monoisotopic (exact) mass is 372 g/mol. The van der Waals surface area contributed by atoms with Crippen molar-refractivity contribution >= 4 is 12.0 Å². The van der Waals surface area contributed by atoms with Crippen LogP contribution in [0.4, 0.5) is 4.79 Å². The molecule has 2 amide bonds. The molecular formula is C22H32N2O3. The minimum atomic E-state index is -0.457. The predicted octanol–water partition coefficient (Wildman–Crippen LogP) is 4.50. The molecule has 0 aromatic heterocycles. The van der Waals surface area contributed by atoms with Crippen LogP contribution in [-0.4, -0.2) is 35.6 Å². The van der Waals surface area contributed by atoms with Crippen LogP contribution in [0.3, 0.4) is 0 Å². The van der Waals surface area contributed by atoms with Crippen molar-refractivity contribution in [3.05, 3.63) is 35.4 Å². The lowest BCUT2D eigenvalue weighted by molar-refractivity contribution is -0.145. The number of carbonyl (C=O) groups is 2. The smallest absolute Gasteiger partial charge is 0.318 e. The number of rotatable bonds is 5. The van der Waals surface area contributed by atoms with E-state index in [4.69, 9.17) is 4.74 Å². The molecule has 1 atom stereocenters. The van der Waals surface area contributed by atoms with Gasteiger partial charge in [0.15, 0.2) is 0 Å². The van der Waals surface area contributed by atoms with Crippen LogP contribution >= 0.6 is 0 Å². The first-order valence-electron chi connectivity index (χ1n) is 10.3. The summed E-state index contributed by atoms with van der Waals surface area (Å²) in [4.78, 5) is 27.3. The SMILES string of the molecule is CCOC(=O)CC1(NC(=O)N2CCC[C@@H]2c2cccc(C)c2)CCCCC1. The molecule has 1 saturated heterocycles. The molecule has 1 heterocycles. The molecular weight excluding hydrogens is 340 g/mol. The van der Waals surface area contributed by atoms with Crippen LogP contribution in [0.2, 0.25) is 0 Å². The molecule has 27 heavy (non-hydrogen) atoms. The molecule has 5 heteroatoms. The Bertz CT molecular complexity index is 667. The Kier molecular flexibility index (Phi) is 6.40. The molecule has 2 aliphatic rings. The third-order valence-electron chi connectivity index (χ3n) is 5.91. The van der Waals surface area contributed by atoms with Gasteiger partial charge in [0.2, 0.25) is 0 Å². The first kappa shape index (κ1) is 19.7. The molecule has 148 valence electrons. The third-order valence-corrected chi connectivity index (χ3v) is 5.91. The fraction of sp³-hybridized carbons (Fsp3) is 0.636. The van der Waals surface area contributed by atoms with Gasteiger partial charge in [0.1, 0.15) is 0 Å². The van der Waals surface area contributed by atoms with E-state index in [9.17, 15) is 9.59 Å².